The molecule has 1 aromatic carbocycles. The van der Waals surface area contributed by atoms with E-state index in [1.54, 1.807) is 18.2 Å². The van der Waals surface area contributed by atoms with Gasteiger partial charge >= 0.3 is 5.97 Å². The number of hydrogen-bond acceptors (Lipinski definition) is 4. The molecule has 0 saturated carbocycles. The highest BCUT2D eigenvalue weighted by atomic mass is 32.1. The summed E-state index contributed by atoms with van der Waals surface area (Å²) in [5, 5.41) is 3.38. The molecule has 1 aromatic heterocycles. The Morgan fingerprint density at radius 3 is 2.68 bits per heavy atom. The SMILES string of the molecule is CC1CCc2c(sc(NC(=O)C=Cc3ccc(F)cc3)c2C(=O)OC(C)C)C1. The third kappa shape index (κ3) is 4.87. The van der Waals surface area contributed by atoms with Crippen molar-refractivity contribution in [3.63, 3.8) is 0 Å². The van der Waals surface area contributed by atoms with Gasteiger partial charge in [0.15, 0.2) is 0 Å². The van der Waals surface area contributed by atoms with E-state index >= 15 is 0 Å². The highest BCUT2D eigenvalue weighted by Gasteiger charge is 2.29. The number of benzene rings is 1. The summed E-state index contributed by atoms with van der Waals surface area (Å²) in [7, 11) is 0. The van der Waals surface area contributed by atoms with Crippen LogP contribution in [0.25, 0.3) is 6.08 Å². The number of carbonyl (C=O) groups excluding carboxylic acids is 2. The first-order chi connectivity index (χ1) is 13.3. The number of anilines is 1. The summed E-state index contributed by atoms with van der Waals surface area (Å²) in [6.07, 6.45) is 5.50. The molecule has 0 saturated heterocycles. The molecule has 3 rings (SSSR count). The fourth-order valence-corrected chi connectivity index (χ4v) is 4.63. The number of thiophene rings is 1. The van der Waals surface area contributed by atoms with Gasteiger partial charge < -0.3 is 10.1 Å². The Kier molecular flexibility index (Phi) is 6.29. The van der Waals surface area contributed by atoms with E-state index in [1.165, 1.54) is 29.5 Å². The van der Waals surface area contributed by atoms with Crippen molar-refractivity contribution in [2.45, 2.75) is 46.1 Å². The van der Waals surface area contributed by atoms with Crippen LogP contribution >= 0.6 is 11.3 Å². The molecule has 1 amide bonds. The van der Waals surface area contributed by atoms with Gasteiger partial charge in [-0.25, -0.2) is 9.18 Å². The molecule has 0 bridgehead atoms. The summed E-state index contributed by atoms with van der Waals surface area (Å²) in [6.45, 7) is 5.81. The summed E-state index contributed by atoms with van der Waals surface area (Å²) < 4.78 is 18.4. The van der Waals surface area contributed by atoms with E-state index in [0.29, 0.717) is 16.5 Å². The van der Waals surface area contributed by atoms with Crippen molar-refractivity contribution in [3.05, 3.63) is 57.7 Å². The Labute approximate surface area is 168 Å². The number of hydrogen-bond donors (Lipinski definition) is 1. The predicted octanol–water partition coefficient (Wildman–Crippen LogP) is 5.23. The summed E-state index contributed by atoms with van der Waals surface area (Å²) in [5.41, 5.74) is 2.21. The van der Waals surface area contributed by atoms with E-state index < -0.39 is 0 Å². The van der Waals surface area contributed by atoms with Crippen LogP contribution in [0.2, 0.25) is 0 Å². The lowest BCUT2D eigenvalue weighted by Gasteiger charge is -2.18. The zero-order valence-corrected chi connectivity index (χ0v) is 17.1. The largest absolute Gasteiger partial charge is 0.459 e. The van der Waals surface area contributed by atoms with E-state index in [-0.39, 0.29) is 23.8 Å². The first kappa shape index (κ1) is 20.3. The Hall–Kier alpha value is -2.47. The first-order valence-corrected chi connectivity index (χ1v) is 10.2. The first-order valence-electron chi connectivity index (χ1n) is 9.43. The normalized spacial score (nSPS) is 16.2. The molecule has 0 aliphatic heterocycles. The molecule has 0 fully saturated rings. The summed E-state index contributed by atoms with van der Waals surface area (Å²) in [4.78, 5) is 26.2. The second-order valence-electron chi connectivity index (χ2n) is 7.38. The van der Waals surface area contributed by atoms with Crippen molar-refractivity contribution >= 4 is 34.3 Å². The molecule has 1 N–H and O–H groups in total. The topological polar surface area (TPSA) is 55.4 Å². The standard InChI is InChI=1S/C22H24FNO3S/c1-13(2)27-22(26)20-17-10-4-14(3)12-18(17)28-21(20)24-19(25)11-7-15-5-8-16(23)9-6-15/h5-9,11,13-14H,4,10,12H2,1-3H3,(H,24,25). The van der Waals surface area contributed by atoms with Crippen LogP contribution in [0.1, 0.15) is 53.6 Å². The molecule has 1 heterocycles. The minimum absolute atomic E-state index is 0.229. The molecule has 4 nitrogen and oxygen atoms in total. The van der Waals surface area contributed by atoms with E-state index in [0.717, 1.165) is 35.3 Å². The Balaban J connectivity index is 1.82. The van der Waals surface area contributed by atoms with Crippen LogP contribution in [-0.2, 0) is 22.4 Å². The lowest BCUT2D eigenvalue weighted by atomic mass is 9.88. The molecule has 0 spiro atoms. The Morgan fingerprint density at radius 1 is 1.29 bits per heavy atom. The third-order valence-electron chi connectivity index (χ3n) is 4.59. The predicted molar refractivity (Wildman–Crippen MR) is 110 cm³/mol. The summed E-state index contributed by atoms with van der Waals surface area (Å²) in [6, 6.07) is 5.86. The lowest BCUT2D eigenvalue weighted by Crippen LogP contribution is -2.18. The van der Waals surface area contributed by atoms with Gasteiger partial charge in [-0.05, 0) is 68.4 Å². The minimum Gasteiger partial charge on any atom is -0.459 e. The van der Waals surface area contributed by atoms with Crippen molar-refractivity contribution in [2.75, 3.05) is 5.32 Å². The monoisotopic (exact) mass is 401 g/mol. The maximum atomic E-state index is 13.0. The van der Waals surface area contributed by atoms with Gasteiger partial charge in [0.2, 0.25) is 5.91 Å². The molecular formula is C22H24FNO3S. The van der Waals surface area contributed by atoms with Gasteiger partial charge in [0.1, 0.15) is 10.8 Å². The summed E-state index contributed by atoms with van der Waals surface area (Å²) in [5.74, 6) is -0.496. The number of fused-ring (bicyclic) bond motifs is 1. The second-order valence-corrected chi connectivity index (χ2v) is 8.49. The number of amides is 1. The molecule has 28 heavy (non-hydrogen) atoms. The number of esters is 1. The second kappa shape index (κ2) is 8.69. The molecule has 2 aromatic rings. The van der Waals surface area contributed by atoms with Gasteiger partial charge in [0.25, 0.3) is 0 Å². The number of halogens is 1. The van der Waals surface area contributed by atoms with Gasteiger partial charge in [-0.2, -0.15) is 0 Å². The number of carbonyl (C=O) groups is 2. The van der Waals surface area contributed by atoms with E-state index in [4.69, 9.17) is 4.74 Å². The third-order valence-corrected chi connectivity index (χ3v) is 5.76. The van der Waals surface area contributed by atoms with Gasteiger partial charge in [-0.1, -0.05) is 19.1 Å². The van der Waals surface area contributed by atoms with Crippen molar-refractivity contribution < 1.29 is 18.7 Å². The molecule has 0 radical (unpaired) electrons. The van der Waals surface area contributed by atoms with E-state index in [1.807, 2.05) is 13.8 Å². The van der Waals surface area contributed by atoms with E-state index in [2.05, 4.69) is 12.2 Å². The van der Waals surface area contributed by atoms with E-state index in [9.17, 15) is 14.0 Å². The number of ether oxygens (including phenoxy) is 1. The fraction of sp³-hybridized carbons (Fsp3) is 0.364. The Bertz CT molecular complexity index is 899. The quantitative estimate of drug-likeness (QED) is 0.551. The molecule has 1 unspecified atom stereocenters. The highest BCUT2D eigenvalue weighted by molar-refractivity contribution is 7.17. The number of rotatable bonds is 5. The van der Waals surface area contributed by atoms with Crippen LogP contribution < -0.4 is 5.32 Å². The average molecular weight is 402 g/mol. The molecular weight excluding hydrogens is 377 g/mol. The van der Waals surface area contributed by atoms with Crippen LogP contribution in [-0.4, -0.2) is 18.0 Å². The molecule has 1 aliphatic carbocycles. The molecule has 6 heteroatoms. The van der Waals surface area contributed by atoms with Crippen molar-refractivity contribution in [3.8, 4) is 0 Å². The highest BCUT2D eigenvalue weighted by Crippen LogP contribution is 2.40. The van der Waals surface area contributed by atoms with Crippen LogP contribution in [0.15, 0.2) is 30.3 Å². The van der Waals surface area contributed by atoms with Crippen LogP contribution in [0.5, 0.6) is 0 Å². The maximum Gasteiger partial charge on any atom is 0.341 e. The Morgan fingerprint density at radius 2 is 2.00 bits per heavy atom. The molecule has 148 valence electrons. The number of nitrogens with one attached hydrogen (secondary N) is 1. The maximum absolute atomic E-state index is 13.0. The molecule has 1 aliphatic rings. The fourth-order valence-electron chi connectivity index (χ4n) is 3.23. The summed E-state index contributed by atoms with van der Waals surface area (Å²) >= 11 is 1.46. The van der Waals surface area contributed by atoms with Gasteiger partial charge in [-0.3, -0.25) is 4.79 Å². The van der Waals surface area contributed by atoms with Gasteiger partial charge in [-0.15, -0.1) is 11.3 Å². The van der Waals surface area contributed by atoms with Crippen LogP contribution in [0, 0.1) is 11.7 Å². The zero-order valence-electron chi connectivity index (χ0n) is 16.3. The van der Waals surface area contributed by atoms with Crippen LogP contribution in [0.4, 0.5) is 9.39 Å². The van der Waals surface area contributed by atoms with Crippen LogP contribution in [0.3, 0.4) is 0 Å². The van der Waals surface area contributed by atoms with Gasteiger partial charge in [0, 0.05) is 11.0 Å². The van der Waals surface area contributed by atoms with Crippen molar-refractivity contribution in [1.29, 1.82) is 0 Å². The smallest absolute Gasteiger partial charge is 0.341 e. The van der Waals surface area contributed by atoms with Gasteiger partial charge in [0.05, 0.1) is 11.7 Å². The zero-order chi connectivity index (χ0) is 20.3. The average Bonchev–Trinajstić information content (AvgIpc) is 2.97. The minimum atomic E-state index is -0.389. The van der Waals surface area contributed by atoms with Crippen molar-refractivity contribution in [2.24, 2.45) is 5.92 Å². The lowest BCUT2D eigenvalue weighted by molar-refractivity contribution is -0.111. The molecule has 1 atom stereocenters. The van der Waals surface area contributed by atoms with Crippen molar-refractivity contribution in [1.82, 2.24) is 0 Å².